The standard InChI is InChI=1S/C25H37N2O4P/c1-23(2,3)18-15-20(24(4,5)6)22-21(16-18)26-25(31-22,32(28,29-9)30-10)17-11-13-19(14-12-17)27(7)8/h11-16,26H,1-10H3. The number of rotatable bonds is 5. The van der Waals surface area contributed by atoms with E-state index in [9.17, 15) is 4.57 Å². The number of fused-ring (bicyclic) bond motifs is 1. The first kappa shape index (κ1) is 24.6. The summed E-state index contributed by atoms with van der Waals surface area (Å²) >= 11 is 0. The zero-order valence-electron chi connectivity index (χ0n) is 21.0. The molecule has 0 aliphatic carbocycles. The van der Waals surface area contributed by atoms with E-state index in [0.29, 0.717) is 11.3 Å². The molecule has 32 heavy (non-hydrogen) atoms. The maximum absolute atomic E-state index is 14.0. The molecule has 0 fully saturated rings. The highest BCUT2D eigenvalue weighted by Crippen LogP contribution is 2.68. The Kier molecular flexibility index (Phi) is 6.23. The van der Waals surface area contributed by atoms with Crippen molar-refractivity contribution in [3.8, 4) is 5.75 Å². The number of anilines is 2. The average molecular weight is 461 g/mol. The summed E-state index contributed by atoms with van der Waals surface area (Å²) in [7, 11) is 2.95. The highest BCUT2D eigenvalue weighted by Gasteiger charge is 2.59. The Balaban J connectivity index is 2.28. The lowest BCUT2D eigenvalue weighted by atomic mass is 9.80. The summed E-state index contributed by atoms with van der Waals surface area (Å²) in [4.78, 5) is 2.01. The zero-order chi connectivity index (χ0) is 24.1. The summed E-state index contributed by atoms with van der Waals surface area (Å²) in [5.74, 6) is 0.677. The summed E-state index contributed by atoms with van der Waals surface area (Å²) < 4.78 is 31.6. The van der Waals surface area contributed by atoms with Crippen molar-refractivity contribution in [2.24, 2.45) is 0 Å². The van der Waals surface area contributed by atoms with Gasteiger partial charge in [0, 0.05) is 45.1 Å². The van der Waals surface area contributed by atoms with E-state index >= 15 is 0 Å². The van der Waals surface area contributed by atoms with Crippen LogP contribution >= 0.6 is 7.60 Å². The molecule has 0 radical (unpaired) electrons. The number of hydrogen-bond donors (Lipinski definition) is 1. The van der Waals surface area contributed by atoms with E-state index in [2.05, 4.69) is 59.0 Å². The van der Waals surface area contributed by atoms with Crippen LogP contribution in [0.25, 0.3) is 0 Å². The molecule has 3 rings (SSSR count). The van der Waals surface area contributed by atoms with Gasteiger partial charge in [-0.2, -0.15) is 0 Å². The van der Waals surface area contributed by atoms with Crippen molar-refractivity contribution in [3.63, 3.8) is 0 Å². The minimum atomic E-state index is -3.78. The third-order valence-corrected chi connectivity index (χ3v) is 8.15. The molecule has 1 heterocycles. The van der Waals surface area contributed by atoms with Crippen LogP contribution in [0.15, 0.2) is 36.4 Å². The predicted octanol–water partition coefficient (Wildman–Crippen LogP) is 6.45. The van der Waals surface area contributed by atoms with Gasteiger partial charge in [-0.05, 0) is 34.6 Å². The molecule has 1 unspecified atom stereocenters. The van der Waals surface area contributed by atoms with Crippen LogP contribution in [0.2, 0.25) is 0 Å². The second-order valence-electron chi connectivity index (χ2n) is 10.6. The van der Waals surface area contributed by atoms with E-state index in [4.69, 9.17) is 13.8 Å². The minimum Gasteiger partial charge on any atom is -0.450 e. The zero-order valence-corrected chi connectivity index (χ0v) is 21.9. The lowest BCUT2D eigenvalue weighted by Crippen LogP contribution is -2.38. The normalized spacial score (nSPS) is 18.7. The van der Waals surface area contributed by atoms with Crippen molar-refractivity contribution < 1.29 is 18.3 Å². The Hall–Kier alpha value is -2.01. The van der Waals surface area contributed by atoms with Gasteiger partial charge in [0.1, 0.15) is 0 Å². The summed E-state index contributed by atoms with van der Waals surface area (Å²) in [6, 6.07) is 12.0. The fraction of sp³-hybridized carbons (Fsp3) is 0.520. The first-order valence-electron chi connectivity index (χ1n) is 10.8. The molecule has 0 saturated carbocycles. The molecule has 176 valence electrons. The van der Waals surface area contributed by atoms with Crippen LogP contribution in [0.3, 0.4) is 0 Å². The monoisotopic (exact) mass is 460 g/mol. The van der Waals surface area contributed by atoms with Crippen molar-refractivity contribution >= 4 is 19.0 Å². The third kappa shape index (κ3) is 4.05. The van der Waals surface area contributed by atoms with Gasteiger partial charge in [0.15, 0.2) is 5.75 Å². The first-order valence-corrected chi connectivity index (χ1v) is 12.4. The molecular formula is C25H37N2O4P. The topological polar surface area (TPSA) is 60.0 Å². The smallest absolute Gasteiger partial charge is 0.399 e. The Labute approximate surface area is 192 Å². The summed E-state index contributed by atoms with van der Waals surface area (Å²) in [5.41, 5.74) is 2.92. The van der Waals surface area contributed by atoms with Crippen molar-refractivity contribution in [3.05, 3.63) is 53.1 Å². The molecule has 0 aromatic heterocycles. The van der Waals surface area contributed by atoms with Crippen molar-refractivity contribution in [2.75, 3.05) is 38.5 Å². The lowest BCUT2D eigenvalue weighted by Gasteiger charge is -2.34. The SMILES string of the molecule is COP(=O)(OC)C1(c2ccc(N(C)C)cc2)Nc2cc(C(C)(C)C)cc(C(C)(C)C)c2O1. The Morgan fingerprint density at radius 1 is 0.938 bits per heavy atom. The third-order valence-electron chi connectivity index (χ3n) is 5.96. The molecular weight excluding hydrogens is 423 g/mol. The van der Waals surface area contributed by atoms with Crippen LogP contribution in [-0.2, 0) is 29.9 Å². The molecule has 6 nitrogen and oxygen atoms in total. The number of benzene rings is 2. The number of hydrogen-bond acceptors (Lipinski definition) is 6. The Morgan fingerprint density at radius 3 is 1.94 bits per heavy atom. The average Bonchev–Trinajstić information content (AvgIpc) is 3.12. The fourth-order valence-corrected chi connectivity index (χ4v) is 5.50. The summed E-state index contributed by atoms with van der Waals surface area (Å²) in [6.45, 7) is 13.0. The molecule has 1 aliphatic rings. The molecule has 1 N–H and O–H groups in total. The van der Waals surface area contributed by atoms with E-state index < -0.39 is 13.1 Å². The van der Waals surface area contributed by atoms with Gasteiger partial charge in [0.2, 0.25) is 0 Å². The van der Waals surface area contributed by atoms with Crippen LogP contribution < -0.4 is 15.0 Å². The second kappa shape index (κ2) is 8.09. The van der Waals surface area contributed by atoms with Gasteiger partial charge < -0.3 is 24.0 Å². The van der Waals surface area contributed by atoms with Gasteiger partial charge in [-0.3, -0.25) is 4.57 Å². The van der Waals surface area contributed by atoms with E-state index in [-0.39, 0.29) is 10.8 Å². The maximum Gasteiger partial charge on any atom is 0.399 e. The van der Waals surface area contributed by atoms with Crippen LogP contribution in [0, 0.1) is 0 Å². The van der Waals surface area contributed by atoms with E-state index in [1.54, 1.807) is 0 Å². The lowest BCUT2D eigenvalue weighted by molar-refractivity contribution is 0.136. The van der Waals surface area contributed by atoms with Gasteiger partial charge in [-0.15, -0.1) is 0 Å². The first-order chi connectivity index (χ1) is 14.7. The molecule has 7 heteroatoms. The van der Waals surface area contributed by atoms with Gasteiger partial charge in [0.25, 0.3) is 0 Å². The van der Waals surface area contributed by atoms with Crippen molar-refractivity contribution in [2.45, 2.75) is 57.8 Å². The predicted molar refractivity (Wildman–Crippen MR) is 132 cm³/mol. The molecule has 0 amide bonds. The fourth-order valence-electron chi connectivity index (χ4n) is 3.91. The Morgan fingerprint density at radius 2 is 1.50 bits per heavy atom. The minimum absolute atomic E-state index is 0.0679. The molecule has 2 aromatic rings. The highest BCUT2D eigenvalue weighted by atomic mass is 31.2. The van der Waals surface area contributed by atoms with Crippen LogP contribution in [0.4, 0.5) is 11.4 Å². The summed E-state index contributed by atoms with van der Waals surface area (Å²) in [6.07, 6.45) is 0. The van der Waals surface area contributed by atoms with Gasteiger partial charge >= 0.3 is 13.1 Å². The molecule has 1 aliphatic heterocycles. The van der Waals surface area contributed by atoms with E-state index in [1.165, 1.54) is 19.8 Å². The van der Waals surface area contributed by atoms with Crippen LogP contribution in [-0.4, -0.2) is 28.3 Å². The summed E-state index contributed by atoms with van der Waals surface area (Å²) in [5, 5.41) is 3.43. The van der Waals surface area contributed by atoms with E-state index in [1.807, 2.05) is 43.3 Å². The van der Waals surface area contributed by atoms with Crippen LogP contribution in [0.5, 0.6) is 5.75 Å². The largest absolute Gasteiger partial charge is 0.450 e. The van der Waals surface area contributed by atoms with Gasteiger partial charge in [0.05, 0.1) is 5.69 Å². The molecule has 0 bridgehead atoms. The molecule has 2 aromatic carbocycles. The second-order valence-corrected chi connectivity index (χ2v) is 12.9. The quantitative estimate of drug-likeness (QED) is 0.518. The van der Waals surface area contributed by atoms with Crippen molar-refractivity contribution in [1.29, 1.82) is 0 Å². The number of nitrogens with one attached hydrogen (secondary N) is 1. The van der Waals surface area contributed by atoms with Crippen molar-refractivity contribution in [1.82, 2.24) is 0 Å². The molecule has 0 spiro atoms. The highest BCUT2D eigenvalue weighted by molar-refractivity contribution is 7.55. The maximum atomic E-state index is 14.0. The molecule has 0 saturated heterocycles. The van der Waals surface area contributed by atoms with E-state index in [0.717, 1.165) is 16.9 Å². The molecule has 1 atom stereocenters. The van der Waals surface area contributed by atoms with Gasteiger partial charge in [-0.1, -0.05) is 59.7 Å². The van der Waals surface area contributed by atoms with Gasteiger partial charge in [-0.25, -0.2) is 0 Å². The number of nitrogens with zero attached hydrogens (tertiary/aromatic N) is 1. The Bertz CT molecular complexity index is 1030. The van der Waals surface area contributed by atoms with Crippen LogP contribution in [0.1, 0.15) is 58.2 Å². The number of ether oxygens (including phenoxy) is 1.